The number of nitro groups is 1. The number of ether oxygens (including phenoxy) is 3. The number of nitrogens with one attached hydrogen (secondary N) is 5. The highest BCUT2D eigenvalue weighted by Gasteiger charge is 2.46. The number of nitro benzene ring substituents is 1. The predicted octanol–water partition coefficient (Wildman–Crippen LogP) is 9.16. The second-order valence-corrected chi connectivity index (χ2v) is 26.1. The van der Waals surface area contributed by atoms with Crippen molar-refractivity contribution in [2.24, 2.45) is 11.8 Å². The van der Waals surface area contributed by atoms with E-state index in [4.69, 9.17) is 25.8 Å². The number of amides is 6. The van der Waals surface area contributed by atoms with E-state index in [1.54, 1.807) is 42.6 Å². The fourth-order valence-corrected chi connectivity index (χ4v) is 13.7. The number of halogens is 1. The van der Waals surface area contributed by atoms with Gasteiger partial charge in [0.2, 0.25) is 17.7 Å². The molecule has 4 saturated heterocycles. The Morgan fingerprint density at radius 2 is 1.57 bits per heavy atom. The van der Waals surface area contributed by atoms with Gasteiger partial charge in [-0.2, -0.15) is 0 Å². The van der Waals surface area contributed by atoms with E-state index in [1.165, 1.54) is 24.4 Å². The molecular formula is C67H70ClN11O13S. The molecule has 6 amide bonds. The number of benzene rings is 5. The van der Waals surface area contributed by atoms with Gasteiger partial charge in [-0.05, 0) is 116 Å². The van der Waals surface area contributed by atoms with Gasteiger partial charge >= 0.3 is 0 Å². The molecule has 7 heterocycles. The maximum Gasteiger partial charge on any atom is 0.293 e. The van der Waals surface area contributed by atoms with Crippen molar-refractivity contribution in [3.63, 3.8) is 0 Å². The quantitative estimate of drug-likeness (QED) is 0.0154. The molecule has 0 spiro atoms. The average Bonchev–Trinajstić information content (AvgIpc) is 1.56. The Kier molecular flexibility index (Phi) is 19.3. The second kappa shape index (κ2) is 28.2. The van der Waals surface area contributed by atoms with Crippen molar-refractivity contribution in [2.45, 2.75) is 75.3 Å². The van der Waals surface area contributed by atoms with Crippen LogP contribution in [0.2, 0.25) is 5.02 Å². The van der Waals surface area contributed by atoms with E-state index in [0.29, 0.717) is 107 Å². The number of piperidine rings is 1. The van der Waals surface area contributed by atoms with Crippen molar-refractivity contribution in [1.29, 1.82) is 0 Å². The molecule has 484 valence electrons. The molecule has 12 rings (SSSR count). The van der Waals surface area contributed by atoms with Crippen LogP contribution in [0.25, 0.3) is 22.2 Å². The van der Waals surface area contributed by atoms with Crippen molar-refractivity contribution in [3.05, 3.63) is 159 Å². The van der Waals surface area contributed by atoms with E-state index >= 15 is 0 Å². The van der Waals surface area contributed by atoms with Gasteiger partial charge in [-0.15, -0.1) is 0 Å². The van der Waals surface area contributed by atoms with Crippen molar-refractivity contribution in [1.82, 2.24) is 34.7 Å². The Morgan fingerprint density at radius 3 is 2.35 bits per heavy atom. The molecule has 0 aliphatic carbocycles. The van der Waals surface area contributed by atoms with E-state index < -0.39 is 61.1 Å². The molecule has 7 aromatic rings. The molecule has 1 unspecified atom stereocenters. The Labute approximate surface area is 541 Å². The SMILES string of the molecule is O=C1CCC(N2C(=O)c3cccc(NCCCCCCC(=O)N4CC(COc5cccc(-c6ccc(Cl)cc6)c5CN5CCN(c6ccc(C(=O)NS(=O)(=O)c7ccc(NCC8CCOCC8)c([N+](=O)[O-])c7)c(Oc7cnc8[nH]ccc8c7)c6)CC5)C4)c3C2=O)C(=O)N1. The summed E-state index contributed by atoms with van der Waals surface area (Å²) >= 11 is 6.36. The molecule has 93 heavy (non-hydrogen) atoms. The summed E-state index contributed by atoms with van der Waals surface area (Å²) in [6.07, 6.45) is 8.55. The van der Waals surface area contributed by atoms with Crippen LogP contribution in [0.1, 0.15) is 94.4 Å². The summed E-state index contributed by atoms with van der Waals surface area (Å²) in [6, 6.07) is 29.7. The molecule has 5 aromatic carbocycles. The minimum atomic E-state index is -4.63. The number of carbonyl (C=O) groups excluding carboxylic acids is 6. The number of rotatable bonds is 25. The molecule has 2 aromatic heterocycles. The number of aromatic nitrogens is 2. The van der Waals surface area contributed by atoms with Gasteiger partial charge in [-0.25, -0.2) is 18.1 Å². The van der Waals surface area contributed by atoms with E-state index in [0.717, 1.165) is 83.0 Å². The molecule has 0 bridgehead atoms. The highest BCUT2D eigenvalue weighted by atomic mass is 35.5. The third-order valence-electron chi connectivity index (χ3n) is 17.7. The zero-order valence-electron chi connectivity index (χ0n) is 50.9. The minimum absolute atomic E-state index is 0.0450. The van der Waals surface area contributed by atoms with Crippen LogP contribution in [0.3, 0.4) is 0 Å². The normalized spacial score (nSPS) is 17.3. The third kappa shape index (κ3) is 14.6. The van der Waals surface area contributed by atoms with Gasteiger partial charge in [0, 0.05) is 137 Å². The Hall–Kier alpha value is -9.43. The third-order valence-corrected chi connectivity index (χ3v) is 19.3. The maximum atomic E-state index is 14.1. The van der Waals surface area contributed by atoms with Crippen LogP contribution in [-0.2, 0) is 35.7 Å². The van der Waals surface area contributed by atoms with E-state index in [1.807, 2.05) is 47.4 Å². The number of hydrogen-bond donors (Lipinski definition) is 5. The monoisotopic (exact) mass is 1300 g/mol. The van der Waals surface area contributed by atoms with Crippen molar-refractivity contribution >= 4 is 90.9 Å². The number of nitrogens with zero attached hydrogens (tertiary/aromatic N) is 6. The lowest BCUT2D eigenvalue weighted by Gasteiger charge is -2.39. The first-order valence-corrected chi connectivity index (χ1v) is 33.2. The van der Waals surface area contributed by atoms with Gasteiger partial charge in [0.25, 0.3) is 33.4 Å². The zero-order chi connectivity index (χ0) is 64.8. The summed E-state index contributed by atoms with van der Waals surface area (Å²) in [5, 5.41) is 22.2. The number of unbranched alkanes of at least 4 members (excludes halogenated alkanes) is 3. The Balaban J connectivity index is 0.645. The molecule has 5 aliphatic heterocycles. The predicted molar refractivity (Wildman–Crippen MR) is 347 cm³/mol. The smallest absolute Gasteiger partial charge is 0.293 e. The summed E-state index contributed by atoms with van der Waals surface area (Å²) < 4.78 is 48.3. The topological polar surface area (TPSA) is 297 Å². The highest BCUT2D eigenvalue weighted by Crippen LogP contribution is 2.38. The van der Waals surface area contributed by atoms with Crippen molar-refractivity contribution in [3.8, 4) is 28.4 Å². The van der Waals surface area contributed by atoms with Gasteiger partial charge in [0.05, 0.1) is 39.3 Å². The lowest BCUT2D eigenvalue weighted by molar-refractivity contribution is -0.384. The average molecular weight is 1300 g/mol. The van der Waals surface area contributed by atoms with Gasteiger partial charge in [0.15, 0.2) is 0 Å². The molecule has 5 aliphatic rings. The van der Waals surface area contributed by atoms with Crippen LogP contribution in [-0.4, -0.2) is 152 Å². The van der Waals surface area contributed by atoms with Crippen LogP contribution in [0, 0.1) is 22.0 Å². The van der Waals surface area contributed by atoms with Crippen LogP contribution < -0.4 is 35.0 Å². The van der Waals surface area contributed by atoms with Crippen LogP contribution in [0.4, 0.5) is 22.7 Å². The van der Waals surface area contributed by atoms with Gasteiger partial charge < -0.3 is 39.6 Å². The standard InChI is InChI=1S/C67H70ClN11O13S/c68-46-14-12-44(13-15-46)50-7-6-10-58(91-41-43-38-77(39-43)61(81)11-3-1-2-4-25-69-55-9-5-8-52-62(55)67(85)78(66(52)84)56-20-21-60(80)73-65(56)83)53(50)40-75-27-29-76(30-28-75)47-16-18-51(59(34-47)92-48-33-45-22-26-70-63(45)72-37-48)64(82)74-93(88,89)49-17-19-54(57(35-49)79(86)87)71-36-42-23-31-90-32-24-42/h5-10,12-19,22,26,33-35,37,42-43,56,69,71H,1-4,11,20-21,23-25,27-32,36,38-41H2,(H,70,72)(H,74,82)(H,73,80,83). The number of imide groups is 2. The fourth-order valence-electron chi connectivity index (χ4n) is 12.5. The van der Waals surface area contributed by atoms with Gasteiger partial charge in [-0.3, -0.25) is 54.0 Å². The van der Waals surface area contributed by atoms with Crippen molar-refractivity contribution in [2.75, 3.05) is 87.7 Å². The molecule has 4 fully saturated rings. The van der Waals surface area contributed by atoms with E-state index in [2.05, 4.69) is 46.5 Å². The summed E-state index contributed by atoms with van der Waals surface area (Å²) in [5.74, 6) is -1.61. The number of pyridine rings is 1. The molecule has 26 heteroatoms. The number of likely N-dealkylation sites (tertiary alicyclic amines) is 1. The molecular weight excluding hydrogens is 1230 g/mol. The molecule has 0 radical (unpaired) electrons. The largest absolute Gasteiger partial charge is 0.493 e. The summed E-state index contributed by atoms with van der Waals surface area (Å²) in [4.78, 5) is 104. The molecule has 24 nitrogen and oxygen atoms in total. The van der Waals surface area contributed by atoms with Crippen molar-refractivity contribution < 1.29 is 56.3 Å². The number of hydrogen-bond acceptors (Lipinski definition) is 18. The van der Waals surface area contributed by atoms with Gasteiger partial charge in [-0.1, -0.05) is 54.8 Å². The second-order valence-electron chi connectivity index (χ2n) is 24.0. The first kappa shape index (κ1) is 63.7. The summed E-state index contributed by atoms with van der Waals surface area (Å²) in [7, 11) is -4.63. The Bertz CT molecular complexity index is 4130. The lowest BCUT2D eigenvalue weighted by atomic mass is 9.97. The first-order chi connectivity index (χ1) is 45.0. The minimum Gasteiger partial charge on any atom is -0.493 e. The fraction of sp³-hybridized carbons (Fsp3) is 0.358. The zero-order valence-corrected chi connectivity index (χ0v) is 52.5. The van der Waals surface area contributed by atoms with Crippen LogP contribution in [0.15, 0.2) is 126 Å². The first-order valence-electron chi connectivity index (χ1n) is 31.3. The number of sulfonamides is 1. The molecule has 1 atom stereocenters. The number of anilines is 3. The summed E-state index contributed by atoms with van der Waals surface area (Å²) in [5.41, 5.74) is 4.90. The summed E-state index contributed by atoms with van der Waals surface area (Å²) in [6.45, 7) is 6.79. The number of H-pyrrole nitrogens is 1. The molecule has 5 N–H and O–H groups in total. The van der Waals surface area contributed by atoms with E-state index in [9.17, 15) is 47.3 Å². The number of carbonyl (C=O) groups is 6. The van der Waals surface area contributed by atoms with Gasteiger partial charge in [0.1, 0.15) is 34.6 Å². The maximum absolute atomic E-state index is 14.1. The Morgan fingerprint density at radius 1 is 0.796 bits per heavy atom. The highest BCUT2D eigenvalue weighted by molar-refractivity contribution is 7.90. The lowest BCUT2D eigenvalue weighted by Crippen LogP contribution is -2.54. The van der Waals surface area contributed by atoms with Crippen LogP contribution in [0.5, 0.6) is 17.2 Å². The van der Waals surface area contributed by atoms with Crippen LogP contribution >= 0.6 is 11.6 Å². The van der Waals surface area contributed by atoms with E-state index in [-0.39, 0.29) is 58.7 Å². The number of aromatic amines is 1. The number of piperazine rings is 1. The molecule has 0 saturated carbocycles. The number of fused-ring (bicyclic) bond motifs is 2.